The first-order valence-electron chi connectivity index (χ1n) is 6.80. The smallest absolute Gasteiger partial charge is 0.240 e. The first-order chi connectivity index (χ1) is 8.92. The topological polar surface area (TPSA) is 72.2 Å². The van der Waals surface area contributed by atoms with Crippen LogP contribution in [0.2, 0.25) is 0 Å². The van der Waals surface area contributed by atoms with Crippen LogP contribution in [0, 0.1) is 5.41 Å². The van der Waals surface area contributed by atoms with E-state index >= 15 is 0 Å². The van der Waals surface area contributed by atoms with E-state index in [0.29, 0.717) is 12.2 Å². The fraction of sp³-hybridized carbons (Fsp3) is 0.571. The summed E-state index contributed by atoms with van der Waals surface area (Å²) in [7, 11) is -3.44. The molecule has 19 heavy (non-hydrogen) atoms. The van der Waals surface area contributed by atoms with E-state index in [2.05, 4.69) is 11.6 Å². The molecule has 0 aliphatic heterocycles. The monoisotopic (exact) mass is 282 g/mol. The molecule has 1 aromatic rings. The SMILES string of the molecule is CCc1ccc(S(=O)(=O)NCC2(CC)CC2)cc1N. The summed E-state index contributed by atoms with van der Waals surface area (Å²) in [6, 6.07) is 4.96. The number of hydrogen-bond donors (Lipinski definition) is 2. The zero-order valence-electron chi connectivity index (χ0n) is 11.6. The van der Waals surface area contributed by atoms with Gasteiger partial charge in [0, 0.05) is 12.2 Å². The van der Waals surface area contributed by atoms with E-state index < -0.39 is 10.0 Å². The van der Waals surface area contributed by atoms with Crippen molar-refractivity contribution >= 4 is 15.7 Å². The number of nitrogens with one attached hydrogen (secondary N) is 1. The predicted molar refractivity (Wildman–Crippen MR) is 77.4 cm³/mol. The van der Waals surface area contributed by atoms with Crippen molar-refractivity contribution in [2.45, 2.75) is 44.4 Å². The highest BCUT2D eigenvalue weighted by Crippen LogP contribution is 2.48. The Morgan fingerprint density at radius 3 is 2.47 bits per heavy atom. The quantitative estimate of drug-likeness (QED) is 0.786. The maximum atomic E-state index is 12.2. The number of rotatable bonds is 6. The number of benzene rings is 1. The van der Waals surface area contributed by atoms with Crippen molar-refractivity contribution in [2.75, 3.05) is 12.3 Å². The van der Waals surface area contributed by atoms with E-state index in [1.165, 1.54) is 0 Å². The van der Waals surface area contributed by atoms with Gasteiger partial charge in [0.25, 0.3) is 0 Å². The van der Waals surface area contributed by atoms with Gasteiger partial charge in [0.2, 0.25) is 10.0 Å². The molecule has 0 radical (unpaired) electrons. The van der Waals surface area contributed by atoms with Crippen molar-refractivity contribution in [1.29, 1.82) is 0 Å². The van der Waals surface area contributed by atoms with Gasteiger partial charge < -0.3 is 5.73 Å². The van der Waals surface area contributed by atoms with Crippen LogP contribution in [0.5, 0.6) is 0 Å². The lowest BCUT2D eigenvalue weighted by atomic mass is 10.1. The largest absolute Gasteiger partial charge is 0.398 e. The molecule has 0 spiro atoms. The molecule has 1 aliphatic carbocycles. The summed E-state index contributed by atoms with van der Waals surface area (Å²) in [5, 5.41) is 0. The second kappa shape index (κ2) is 5.13. The lowest BCUT2D eigenvalue weighted by molar-refractivity contribution is 0.475. The molecule has 0 heterocycles. The van der Waals surface area contributed by atoms with Crippen molar-refractivity contribution in [1.82, 2.24) is 4.72 Å². The van der Waals surface area contributed by atoms with Gasteiger partial charge in [0.05, 0.1) is 4.90 Å². The summed E-state index contributed by atoms with van der Waals surface area (Å²) in [6.07, 6.45) is 4.05. The lowest BCUT2D eigenvalue weighted by Crippen LogP contribution is -2.30. The third kappa shape index (κ3) is 3.09. The molecule has 1 saturated carbocycles. The number of sulfonamides is 1. The molecule has 2 rings (SSSR count). The number of anilines is 1. The zero-order chi connectivity index (χ0) is 14.1. The minimum atomic E-state index is -3.44. The molecular formula is C14H22N2O2S. The van der Waals surface area contributed by atoms with Crippen LogP contribution in [0.1, 0.15) is 38.7 Å². The average molecular weight is 282 g/mol. The van der Waals surface area contributed by atoms with E-state index in [1.807, 2.05) is 6.92 Å². The Hall–Kier alpha value is -1.07. The average Bonchev–Trinajstić information content (AvgIpc) is 3.17. The Balaban J connectivity index is 2.13. The van der Waals surface area contributed by atoms with E-state index in [-0.39, 0.29) is 10.3 Å². The van der Waals surface area contributed by atoms with Crippen LogP contribution >= 0.6 is 0 Å². The van der Waals surface area contributed by atoms with Crippen LogP contribution in [0.25, 0.3) is 0 Å². The minimum Gasteiger partial charge on any atom is -0.398 e. The number of aryl methyl sites for hydroxylation is 1. The molecule has 0 bridgehead atoms. The number of nitrogens with two attached hydrogens (primary N) is 1. The summed E-state index contributed by atoms with van der Waals surface area (Å²) in [6.45, 7) is 4.63. The van der Waals surface area contributed by atoms with Crippen molar-refractivity contribution in [2.24, 2.45) is 5.41 Å². The van der Waals surface area contributed by atoms with Gasteiger partial charge in [-0.25, -0.2) is 13.1 Å². The molecule has 0 unspecified atom stereocenters. The Morgan fingerprint density at radius 2 is 2.00 bits per heavy atom. The van der Waals surface area contributed by atoms with E-state index in [0.717, 1.165) is 31.2 Å². The predicted octanol–water partition coefficient (Wildman–Crippen LogP) is 2.30. The van der Waals surface area contributed by atoms with Crippen LogP contribution in [-0.4, -0.2) is 15.0 Å². The third-order valence-electron chi connectivity index (χ3n) is 4.15. The van der Waals surface area contributed by atoms with Crippen LogP contribution < -0.4 is 10.5 Å². The summed E-state index contributed by atoms with van der Waals surface area (Å²) >= 11 is 0. The van der Waals surface area contributed by atoms with Crippen LogP contribution in [0.4, 0.5) is 5.69 Å². The molecule has 0 saturated heterocycles. The molecule has 1 fully saturated rings. The van der Waals surface area contributed by atoms with E-state index in [4.69, 9.17) is 5.73 Å². The fourth-order valence-electron chi connectivity index (χ4n) is 2.23. The van der Waals surface area contributed by atoms with Crippen molar-refractivity contribution in [3.05, 3.63) is 23.8 Å². The third-order valence-corrected chi connectivity index (χ3v) is 5.55. The highest BCUT2D eigenvalue weighted by molar-refractivity contribution is 7.89. The first-order valence-corrected chi connectivity index (χ1v) is 8.29. The Labute approximate surface area is 115 Å². The molecule has 4 nitrogen and oxygen atoms in total. The maximum Gasteiger partial charge on any atom is 0.240 e. The summed E-state index contributed by atoms with van der Waals surface area (Å²) in [4.78, 5) is 0.258. The Kier molecular flexibility index (Phi) is 3.87. The van der Waals surface area contributed by atoms with Crippen molar-refractivity contribution < 1.29 is 8.42 Å². The molecule has 3 N–H and O–H groups in total. The second-order valence-corrected chi connectivity index (χ2v) is 7.16. The van der Waals surface area contributed by atoms with E-state index in [9.17, 15) is 8.42 Å². The molecule has 0 atom stereocenters. The molecule has 0 aromatic heterocycles. The van der Waals surface area contributed by atoms with Gasteiger partial charge in [-0.15, -0.1) is 0 Å². The van der Waals surface area contributed by atoms with Gasteiger partial charge >= 0.3 is 0 Å². The van der Waals surface area contributed by atoms with Crippen molar-refractivity contribution in [3.8, 4) is 0 Å². The molecule has 5 heteroatoms. The highest BCUT2D eigenvalue weighted by atomic mass is 32.2. The van der Waals surface area contributed by atoms with Crippen LogP contribution in [0.15, 0.2) is 23.1 Å². The molecule has 106 valence electrons. The summed E-state index contributed by atoms with van der Waals surface area (Å²) in [5.74, 6) is 0. The minimum absolute atomic E-state index is 0.196. The standard InChI is InChI=1S/C14H22N2O2S/c1-3-11-5-6-12(9-13(11)15)19(17,18)16-10-14(4-2)7-8-14/h5-6,9,16H,3-4,7-8,10,15H2,1-2H3. The van der Waals surface area contributed by atoms with Gasteiger partial charge in [-0.1, -0.05) is 19.9 Å². The maximum absolute atomic E-state index is 12.2. The second-order valence-electron chi connectivity index (χ2n) is 5.39. The van der Waals surface area contributed by atoms with E-state index in [1.54, 1.807) is 18.2 Å². The summed E-state index contributed by atoms with van der Waals surface area (Å²) < 4.78 is 27.1. The van der Waals surface area contributed by atoms with Gasteiger partial charge in [-0.3, -0.25) is 0 Å². The molecule has 0 amide bonds. The summed E-state index contributed by atoms with van der Waals surface area (Å²) in [5.41, 5.74) is 7.57. The number of nitrogen functional groups attached to an aromatic ring is 1. The molecule has 1 aromatic carbocycles. The van der Waals surface area contributed by atoms with Crippen LogP contribution in [0.3, 0.4) is 0 Å². The first kappa shape index (κ1) is 14.3. The number of hydrogen-bond acceptors (Lipinski definition) is 3. The normalized spacial score (nSPS) is 17.4. The fourth-order valence-corrected chi connectivity index (χ4v) is 3.42. The molecular weight excluding hydrogens is 260 g/mol. The van der Waals surface area contributed by atoms with Gasteiger partial charge in [0.1, 0.15) is 0 Å². The van der Waals surface area contributed by atoms with Gasteiger partial charge in [0.15, 0.2) is 0 Å². The highest BCUT2D eigenvalue weighted by Gasteiger charge is 2.41. The zero-order valence-corrected chi connectivity index (χ0v) is 12.4. The van der Waals surface area contributed by atoms with Crippen molar-refractivity contribution in [3.63, 3.8) is 0 Å². The molecule has 1 aliphatic rings. The van der Waals surface area contributed by atoms with Crippen LogP contribution in [-0.2, 0) is 16.4 Å². The Bertz CT molecular complexity index is 563. The van der Waals surface area contributed by atoms with Gasteiger partial charge in [-0.05, 0) is 48.8 Å². The lowest BCUT2D eigenvalue weighted by Gasteiger charge is -2.14. The Morgan fingerprint density at radius 1 is 1.32 bits per heavy atom. The van der Waals surface area contributed by atoms with Gasteiger partial charge in [-0.2, -0.15) is 0 Å².